The second kappa shape index (κ2) is 15.3. The Morgan fingerprint density at radius 1 is 1.04 bits per heavy atom. The first kappa shape index (κ1) is 36.1. The summed E-state index contributed by atoms with van der Waals surface area (Å²) in [5.41, 5.74) is 1.58. The summed E-state index contributed by atoms with van der Waals surface area (Å²) in [6.45, 7) is 2.90. The Labute approximate surface area is 305 Å². The average molecular weight is 742 g/mol. The van der Waals surface area contributed by atoms with E-state index < -0.39 is 27.6 Å². The van der Waals surface area contributed by atoms with Crippen LogP contribution in [0.4, 0.5) is 10.5 Å². The number of amides is 2. The van der Waals surface area contributed by atoms with Crippen molar-refractivity contribution >= 4 is 39.3 Å². The number of fused-ring (bicyclic) bond motifs is 3. The zero-order chi connectivity index (χ0) is 35.6. The molecule has 3 fully saturated rings. The van der Waals surface area contributed by atoms with Crippen molar-refractivity contribution < 1.29 is 37.0 Å². The number of hydrogen-bond donors (Lipinski definition) is 1. The van der Waals surface area contributed by atoms with Gasteiger partial charge in [-0.3, -0.25) is 4.79 Å². The fraction of sp³-hybridized carbons (Fsp3) is 0.579. The highest BCUT2D eigenvalue weighted by molar-refractivity contribution is 7.90. The number of aryl methyl sites for hydroxylation is 1. The maximum atomic E-state index is 13.8. The van der Waals surface area contributed by atoms with E-state index in [1.807, 2.05) is 24.3 Å². The highest BCUT2D eigenvalue weighted by Gasteiger charge is 2.47. The van der Waals surface area contributed by atoms with E-state index in [0.717, 1.165) is 62.5 Å². The third-order valence-corrected chi connectivity index (χ3v) is 13.0. The van der Waals surface area contributed by atoms with Gasteiger partial charge in [-0.25, -0.2) is 17.9 Å². The molecule has 2 aliphatic carbocycles. The molecule has 0 aromatic heterocycles. The summed E-state index contributed by atoms with van der Waals surface area (Å²) in [7, 11) is -2.43. The summed E-state index contributed by atoms with van der Waals surface area (Å²) in [4.78, 5) is 31.0. The molecule has 1 spiro atoms. The van der Waals surface area contributed by atoms with Crippen LogP contribution in [0.15, 0.2) is 53.4 Å². The van der Waals surface area contributed by atoms with Crippen LogP contribution in [-0.4, -0.2) is 83.0 Å². The zero-order valence-electron chi connectivity index (χ0n) is 29.2. The number of ether oxygens (including phenoxy) is 4. The average Bonchev–Trinajstić information content (AvgIpc) is 3.11. The van der Waals surface area contributed by atoms with Crippen molar-refractivity contribution in [1.82, 2.24) is 9.62 Å². The van der Waals surface area contributed by atoms with Crippen LogP contribution in [-0.2, 0) is 42.1 Å². The van der Waals surface area contributed by atoms with Crippen molar-refractivity contribution in [2.24, 2.45) is 11.8 Å². The molecule has 2 aromatic rings. The van der Waals surface area contributed by atoms with Crippen LogP contribution in [0.2, 0.25) is 5.02 Å². The number of nitrogens with zero attached hydrogens (tertiary/aromatic N) is 2. The third kappa shape index (κ3) is 7.89. The quantitative estimate of drug-likeness (QED) is 0.369. The standard InChI is InChI=1S/C38H48ClN3O8S/c1-41(30-14-20-47-21-15-30)37(44)50-34-7-4-19-49-38(16-5-17-38)36(43)40-51(45,46)31-11-13-35-33(23-31)42(24-27-9-12-32(27)34)18-3-2-6-26-22-29(39)10-8-28(26)25-48-35/h4,7-8,10-11,13,22-23,27,30,32,34H,2-3,5-6,9,12,14-21,24-25H2,1H3,(H,40,43)/b7-4+/t27-,32+,34-/m0/s1. The Bertz CT molecular complexity index is 1740. The molecule has 3 atom stereocenters. The zero-order valence-corrected chi connectivity index (χ0v) is 30.8. The number of rotatable bonds is 2. The lowest BCUT2D eigenvalue weighted by Gasteiger charge is -2.44. The molecule has 2 saturated carbocycles. The minimum absolute atomic E-state index is 0.0140. The van der Waals surface area contributed by atoms with Crippen LogP contribution in [0.1, 0.15) is 68.9 Å². The Hall–Kier alpha value is -3.32. The Morgan fingerprint density at radius 3 is 2.61 bits per heavy atom. The normalized spacial score (nSPS) is 27.1. The van der Waals surface area contributed by atoms with Gasteiger partial charge in [-0.1, -0.05) is 23.7 Å². The molecule has 2 amide bonds. The second-order valence-electron chi connectivity index (χ2n) is 14.6. The van der Waals surface area contributed by atoms with Gasteiger partial charge in [0.1, 0.15) is 24.1 Å². The maximum Gasteiger partial charge on any atom is 0.410 e. The summed E-state index contributed by atoms with van der Waals surface area (Å²) in [6.07, 6.45) is 10.4. The van der Waals surface area contributed by atoms with Gasteiger partial charge in [-0.05, 0) is 118 Å². The molecule has 2 bridgehead atoms. The highest BCUT2D eigenvalue weighted by atomic mass is 35.5. The predicted molar refractivity (Wildman–Crippen MR) is 192 cm³/mol. The van der Waals surface area contributed by atoms with E-state index in [1.165, 1.54) is 6.07 Å². The fourth-order valence-corrected chi connectivity index (χ4v) is 9.18. The molecule has 276 valence electrons. The molecule has 1 saturated heterocycles. The minimum atomic E-state index is -4.22. The van der Waals surface area contributed by atoms with Gasteiger partial charge in [-0.2, -0.15) is 0 Å². The van der Waals surface area contributed by atoms with Gasteiger partial charge in [0.25, 0.3) is 15.9 Å². The van der Waals surface area contributed by atoms with Crippen molar-refractivity contribution in [2.75, 3.05) is 44.9 Å². The number of benzene rings is 2. The molecule has 0 unspecified atom stereocenters. The molecule has 0 radical (unpaired) electrons. The van der Waals surface area contributed by atoms with Crippen LogP contribution in [0, 0.1) is 11.8 Å². The van der Waals surface area contributed by atoms with Gasteiger partial charge in [0, 0.05) is 50.3 Å². The highest BCUT2D eigenvalue weighted by Crippen LogP contribution is 2.43. The Morgan fingerprint density at radius 2 is 1.86 bits per heavy atom. The van der Waals surface area contributed by atoms with E-state index in [0.29, 0.717) is 62.2 Å². The molecule has 1 N–H and O–H groups in total. The van der Waals surface area contributed by atoms with Gasteiger partial charge >= 0.3 is 6.09 Å². The van der Waals surface area contributed by atoms with Gasteiger partial charge in [0.2, 0.25) is 0 Å². The maximum absolute atomic E-state index is 13.8. The van der Waals surface area contributed by atoms with Gasteiger partial charge in [0.15, 0.2) is 0 Å². The predicted octanol–water partition coefficient (Wildman–Crippen LogP) is 6.02. The number of carbonyl (C=O) groups excluding carboxylic acids is 2. The SMILES string of the molecule is CN(C(=O)O[C@H]1/C=C/COC2(CCC2)C(=O)NS(=O)(=O)c2ccc3c(c2)N(CCCCc2cc(Cl)ccc2CO3)C[C@@H]2CC[C@H]21)C1CCOCC1. The van der Waals surface area contributed by atoms with Crippen LogP contribution in [0.3, 0.4) is 0 Å². The van der Waals surface area contributed by atoms with Crippen molar-refractivity contribution in [3.8, 4) is 5.75 Å². The summed E-state index contributed by atoms with van der Waals surface area (Å²) in [6, 6.07) is 10.7. The van der Waals surface area contributed by atoms with Gasteiger partial charge < -0.3 is 28.7 Å². The summed E-state index contributed by atoms with van der Waals surface area (Å²) >= 11 is 6.36. The van der Waals surface area contributed by atoms with Crippen LogP contribution in [0.25, 0.3) is 0 Å². The van der Waals surface area contributed by atoms with E-state index in [9.17, 15) is 18.0 Å². The number of nitrogens with one attached hydrogen (secondary N) is 1. The Balaban J connectivity index is 1.23. The molecular formula is C38H48ClN3O8S. The summed E-state index contributed by atoms with van der Waals surface area (Å²) < 4.78 is 54.2. The van der Waals surface area contributed by atoms with Crippen molar-refractivity contribution in [3.63, 3.8) is 0 Å². The molecule has 7 rings (SSSR count). The van der Waals surface area contributed by atoms with E-state index in [4.69, 9.17) is 30.5 Å². The molecule has 3 heterocycles. The third-order valence-electron chi connectivity index (χ3n) is 11.5. The van der Waals surface area contributed by atoms with Crippen LogP contribution >= 0.6 is 11.6 Å². The first-order valence-corrected chi connectivity index (χ1v) is 20.2. The van der Waals surface area contributed by atoms with Crippen LogP contribution < -0.4 is 14.4 Å². The lowest BCUT2D eigenvalue weighted by Crippen LogP contribution is -2.55. The molecule has 2 aromatic carbocycles. The molecule has 51 heavy (non-hydrogen) atoms. The van der Waals surface area contributed by atoms with Crippen molar-refractivity contribution in [3.05, 3.63) is 64.7 Å². The lowest BCUT2D eigenvalue weighted by atomic mass is 9.70. The monoisotopic (exact) mass is 741 g/mol. The molecule has 11 nitrogen and oxygen atoms in total. The number of halogens is 1. The molecule has 5 aliphatic rings. The number of sulfonamides is 1. The van der Waals surface area contributed by atoms with Gasteiger partial charge in [0.05, 0.1) is 17.2 Å². The molecular weight excluding hydrogens is 694 g/mol. The van der Waals surface area contributed by atoms with Crippen LogP contribution in [0.5, 0.6) is 5.75 Å². The first-order chi connectivity index (χ1) is 24.6. The van der Waals surface area contributed by atoms with Crippen molar-refractivity contribution in [1.29, 1.82) is 0 Å². The number of hydrogen-bond acceptors (Lipinski definition) is 9. The largest absolute Gasteiger partial charge is 0.487 e. The van der Waals surface area contributed by atoms with E-state index in [1.54, 1.807) is 30.2 Å². The second-order valence-corrected chi connectivity index (χ2v) is 16.7. The lowest BCUT2D eigenvalue weighted by molar-refractivity contribution is -0.155. The fourth-order valence-electron chi connectivity index (χ4n) is 7.92. The molecule has 13 heteroatoms. The van der Waals surface area contributed by atoms with Gasteiger partial charge in [-0.15, -0.1) is 0 Å². The van der Waals surface area contributed by atoms with E-state index >= 15 is 0 Å². The van der Waals surface area contributed by atoms with Crippen molar-refractivity contribution in [2.45, 2.75) is 93.5 Å². The Kier molecular flexibility index (Phi) is 10.8. The number of anilines is 1. The summed E-state index contributed by atoms with van der Waals surface area (Å²) in [5.74, 6) is 0.0960. The minimum Gasteiger partial charge on any atom is -0.487 e. The number of carbonyl (C=O) groups is 2. The van der Waals surface area contributed by atoms with E-state index in [-0.39, 0.29) is 35.5 Å². The molecule has 3 aliphatic heterocycles. The van der Waals surface area contributed by atoms with E-state index in [2.05, 4.69) is 9.62 Å². The summed E-state index contributed by atoms with van der Waals surface area (Å²) in [5, 5.41) is 0.680. The first-order valence-electron chi connectivity index (χ1n) is 18.3. The smallest absolute Gasteiger partial charge is 0.410 e. The topological polar surface area (TPSA) is 124 Å².